The van der Waals surface area contributed by atoms with Crippen LogP contribution in [0.1, 0.15) is 6.42 Å². The molecule has 0 aliphatic carbocycles. The first-order valence-electron chi connectivity index (χ1n) is 6.10. The molecular formula is C11H18ClNO6. The second-order valence-corrected chi connectivity index (χ2v) is 4.95. The van der Waals surface area contributed by atoms with Crippen molar-refractivity contribution >= 4 is 17.7 Å². The van der Waals surface area contributed by atoms with Crippen molar-refractivity contribution in [3.63, 3.8) is 0 Å². The minimum atomic E-state index is -1.23. The first-order valence-corrected chi connectivity index (χ1v) is 6.63. The van der Waals surface area contributed by atoms with Gasteiger partial charge in [-0.25, -0.2) is 4.79 Å². The Morgan fingerprint density at radius 3 is 2.95 bits per heavy atom. The van der Waals surface area contributed by atoms with Gasteiger partial charge in [0.05, 0.1) is 18.1 Å². The Hall–Kier alpha value is -0.600. The highest BCUT2D eigenvalue weighted by Crippen LogP contribution is 2.33. The summed E-state index contributed by atoms with van der Waals surface area (Å²) in [7, 11) is 1.51. The molecule has 0 spiro atoms. The number of cyclic esters (lactones) is 1. The van der Waals surface area contributed by atoms with Gasteiger partial charge in [-0.15, -0.1) is 11.6 Å². The normalized spacial score (nSPS) is 33.2. The van der Waals surface area contributed by atoms with E-state index in [9.17, 15) is 15.0 Å². The number of aliphatic hydroxyl groups is 2. The lowest BCUT2D eigenvalue weighted by Gasteiger charge is -2.28. The van der Waals surface area contributed by atoms with E-state index < -0.39 is 30.4 Å². The van der Waals surface area contributed by atoms with Crippen LogP contribution in [0.2, 0.25) is 0 Å². The standard InChI is InChI=1S/C11H18ClNO6/c1-17-5-18-7-2-3-13-8(7)10(19-11(13)16)9(15)6(14)4-12/h6-10,14-15H,2-5H2,1H3/t6?,7-,8+,9?,10-/m0/s1. The molecule has 2 aliphatic rings. The second kappa shape index (κ2) is 6.23. The number of carbonyl (C=O) groups is 1. The van der Waals surface area contributed by atoms with Crippen LogP contribution in [-0.4, -0.2) is 78.0 Å². The molecule has 19 heavy (non-hydrogen) atoms. The van der Waals surface area contributed by atoms with Crippen LogP contribution in [0.15, 0.2) is 0 Å². The Bertz CT molecular complexity index is 330. The van der Waals surface area contributed by atoms with Crippen LogP contribution in [0, 0.1) is 0 Å². The summed E-state index contributed by atoms with van der Waals surface area (Å²) in [4.78, 5) is 13.2. The summed E-state index contributed by atoms with van der Waals surface area (Å²) in [5, 5.41) is 19.6. The van der Waals surface area contributed by atoms with Gasteiger partial charge in [-0.3, -0.25) is 4.90 Å². The van der Waals surface area contributed by atoms with E-state index in [1.165, 1.54) is 12.0 Å². The Morgan fingerprint density at radius 1 is 1.58 bits per heavy atom. The van der Waals surface area contributed by atoms with Crippen LogP contribution in [0.4, 0.5) is 4.79 Å². The molecular weight excluding hydrogens is 278 g/mol. The van der Waals surface area contributed by atoms with Crippen LogP contribution in [0.25, 0.3) is 0 Å². The molecule has 2 rings (SSSR count). The molecule has 110 valence electrons. The molecule has 2 aliphatic heterocycles. The van der Waals surface area contributed by atoms with Crippen LogP contribution in [0.5, 0.6) is 0 Å². The van der Waals surface area contributed by atoms with Gasteiger partial charge in [-0.05, 0) is 6.42 Å². The molecule has 1 amide bonds. The van der Waals surface area contributed by atoms with Crippen LogP contribution >= 0.6 is 11.6 Å². The maximum atomic E-state index is 11.7. The quantitative estimate of drug-likeness (QED) is 0.509. The molecule has 0 radical (unpaired) electrons. The van der Waals surface area contributed by atoms with Crippen molar-refractivity contribution in [2.24, 2.45) is 0 Å². The van der Waals surface area contributed by atoms with Crippen molar-refractivity contribution in [1.29, 1.82) is 0 Å². The molecule has 5 atom stereocenters. The number of nitrogens with zero attached hydrogens (tertiary/aromatic N) is 1. The van der Waals surface area contributed by atoms with Crippen LogP contribution < -0.4 is 0 Å². The Balaban J connectivity index is 2.08. The lowest BCUT2D eigenvalue weighted by molar-refractivity contribution is -0.104. The average Bonchev–Trinajstić information content (AvgIpc) is 2.96. The molecule has 2 saturated heterocycles. The van der Waals surface area contributed by atoms with Crippen molar-refractivity contribution in [2.75, 3.05) is 26.3 Å². The van der Waals surface area contributed by atoms with E-state index >= 15 is 0 Å². The van der Waals surface area contributed by atoms with Crippen molar-refractivity contribution in [3.8, 4) is 0 Å². The van der Waals surface area contributed by atoms with E-state index in [-0.39, 0.29) is 18.8 Å². The molecule has 0 aromatic carbocycles. The van der Waals surface area contributed by atoms with E-state index in [1.807, 2.05) is 0 Å². The SMILES string of the molecule is COCO[C@H]1CCN2C(=O)O[C@H](C(O)C(O)CCl)[C@@H]12. The Labute approximate surface area is 116 Å². The molecule has 2 fully saturated rings. The highest BCUT2D eigenvalue weighted by Gasteiger charge is 2.54. The number of amides is 1. The Kier molecular flexibility index (Phi) is 4.86. The smallest absolute Gasteiger partial charge is 0.410 e. The molecule has 0 saturated carbocycles. The number of hydrogen-bond acceptors (Lipinski definition) is 6. The van der Waals surface area contributed by atoms with Gasteiger partial charge in [-0.2, -0.15) is 0 Å². The average molecular weight is 296 g/mol. The predicted molar refractivity (Wildman–Crippen MR) is 64.9 cm³/mol. The molecule has 0 bridgehead atoms. The van der Waals surface area contributed by atoms with Crippen molar-refractivity contribution < 1.29 is 29.2 Å². The van der Waals surface area contributed by atoms with E-state index in [0.29, 0.717) is 13.0 Å². The van der Waals surface area contributed by atoms with Gasteiger partial charge in [0.1, 0.15) is 18.9 Å². The minimum absolute atomic E-state index is 0.101. The van der Waals surface area contributed by atoms with Gasteiger partial charge in [-0.1, -0.05) is 0 Å². The fourth-order valence-electron chi connectivity index (χ4n) is 2.56. The van der Waals surface area contributed by atoms with E-state index in [2.05, 4.69) is 0 Å². The molecule has 8 heteroatoms. The maximum Gasteiger partial charge on any atom is 0.410 e. The van der Waals surface area contributed by atoms with Crippen LogP contribution in [0.3, 0.4) is 0 Å². The lowest BCUT2D eigenvalue weighted by Crippen LogP contribution is -2.49. The maximum absolute atomic E-state index is 11.7. The number of aliphatic hydroxyl groups excluding tert-OH is 2. The molecule has 0 aromatic rings. The molecule has 2 N–H and O–H groups in total. The number of rotatable bonds is 6. The van der Waals surface area contributed by atoms with Crippen LogP contribution in [-0.2, 0) is 14.2 Å². The van der Waals surface area contributed by atoms with Gasteiger partial charge in [0.2, 0.25) is 0 Å². The highest BCUT2D eigenvalue weighted by molar-refractivity contribution is 6.18. The fraction of sp³-hybridized carbons (Fsp3) is 0.909. The third-order valence-electron chi connectivity index (χ3n) is 3.49. The van der Waals surface area contributed by atoms with Gasteiger partial charge in [0.15, 0.2) is 6.10 Å². The minimum Gasteiger partial charge on any atom is -0.441 e. The number of hydrogen-bond donors (Lipinski definition) is 2. The lowest BCUT2D eigenvalue weighted by atomic mass is 9.98. The second-order valence-electron chi connectivity index (χ2n) is 4.64. The summed E-state index contributed by atoms with van der Waals surface area (Å²) < 4.78 is 15.5. The van der Waals surface area contributed by atoms with E-state index in [4.69, 9.17) is 25.8 Å². The topological polar surface area (TPSA) is 88.5 Å². The van der Waals surface area contributed by atoms with Gasteiger partial charge < -0.3 is 24.4 Å². The van der Waals surface area contributed by atoms with Crippen molar-refractivity contribution in [2.45, 2.75) is 36.9 Å². The van der Waals surface area contributed by atoms with Crippen molar-refractivity contribution in [3.05, 3.63) is 0 Å². The Morgan fingerprint density at radius 2 is 2.32 bits per heavy atom. The van der Waals surface area contributed by atoms with Crippen molar-refractivity contribution in [1.82, 2.24) is 4.90 Å². The highest BCUT2D eigenvalue weighted by atomic mass is 35.5. The molecule has 2 heterocycles. The summed E-state index contributed by atoms with van der Waals surface area (Å²) in [6.45, 7) is 0.599. The number of methoxy groups -OCH3 is 1. The largest absolute Gasteiger partial charge is 0.441 e. The molecule has 0 aromatic heterocycles. The monoisotopic (exact) mass is 295 g/mol. The van der Waals surface area contributed by atoms with Gasteiger partial charge >= 0.3 is 6.09 Å². The first-order chi connectivity index (χ1) is 9.10. The number of alkyl halides is 1. The van der Waals surface area contributed by atoms with E-state index in [0.717, 1.165) is 0 Å². The zero-order valence-corrected chi connectivity index (χ0v) is 11.3. The first kappa shape index (κ1) is 14.8. The van der Waals surface area contributed by atoms with Gasteiger partial charge in [0.25, 0.3) is 0 Å². The van der Waals surface area contributed by atoms with Gasteiger partial charge in [0, 0.05) is 13.7 Å². The summed E-state index contributed by atoms with van der Waals surface area (Å²) in [5.41, 5.74) is 0. The zero-order valence-electron chi connectivity index (χ0n) is 10.6. The summed E-state index contributed by atoms with van der Waals surface area (Å²) >= 11 is 5.51. The van der Waals surface area contributed by atoms with E-state index in [1.54, 1.807) is 0 Å². The zero-order chi connectivity index (χ0) is 14.0. The fourth-order valence-corrected chi connectivity index (χ4v) is 2.74. The molecule has 2 unspecified atom stereocenters. The number of halogens is 1. The third kappa shape index (κ3) is 2.80. The predicted octanol–water partition coefficient (Wildman–Crippen LogP) is -0.471. The summed E-state index contributed by atoms with van der Waals surface area (Å²) in [5.74, 6) is -0.133. The summed E-state index contributed by atoms with van der Waals surface area (Å²) in [6, 6.07) is -0.421. The number of carbonyl (C=O) groups excluding carboxylic acids is 1. The third-order valence-corrected chi connectivity index (χ3v) is 3.81. The number of fused-ring (bicyclic) bond motifs is 1. The number of ether oxygens (including phenoxy) is 3. The summed E-state index contributed by atoms with van der Waals surface area (Å²) in [6.07, 6.45) is -3.37. The molecule has 7 nitrogen and oxygen atoms in total.